The standard InChI is InChI=1S/C16H20ClFN2O3/c1-4-23-19-16(22)11-8-14(21)20(9(2)3)15(11)10-5-6-12(17)13(18)7-10/h5-7,9,11,15H,4,8H2,1-3H3,(H,19,22)/t11-,15+/m1/s1. The molecule has 1 aliphatic heterocycles. The van der Waals surface area contributed by atoms with E-state index in [-0.39, 0.29) is 29.3 Å². The van der Waals surface area contributed by atoms with Crippen molar-refractivity contribution >= 4 is 23.4 Å². The highest BCUT2D eigenvalue weighted by Gasteiger charge is 2.45. The van der Waals surface area contributed by atoms with Gasteiger partial charge in [0.15, 0.2) is 0 Å². The number of carbonyl (C=O) groups is 2. The summed E-state index contributed by atoms with van der Waals surface area (Å²) in [5.41, 5.74) is 2.89. The molecule has 0 unspecified atom stereocenters. The van der Waals surface area contributed by atoms with Gasteiger partial charge in [-0.2, -0.15) is 0 Å². The van der Waals surface area contributed by atoms with Gasteiger partial charge in [0.2, 0.25) is 11.8 Å². The Morgan fingerprint density at radius 1 is 1.52 bits per heavy atom. The minimum Gasteiger partial charge on any atom is -0.332 e. The van der Waals surface area contributed by atoms with E-state index in [4.69, 9.17) is 16.4 Å². The third-order valence-electron chi connectivity index (χ3n) is 3.86. The van der Waals surface area contributed by atoms with E-state index in [0.29, 0.717) is 12.2 Å². The Kier molecular flexibility index (Phi) is 5.59. The molecule has 1 aromatic carbocycles. The van der Waals surface area contributed by atoms with Gasteiger partial charge in [-0.05, 0) is 38.5 Å². The molecule has 1 saturated heterocycles. The van der Waals surface area contributed by atoms with Crippen molar-refractivity contribution in [3.8, 4) is 0 Å². The van der Waals surface area contributed by atoms with E-state index in [9.17, 15) is 14.0 Å². The lowest BCUT2D eigenvalue weighted by atomic mass is 9.92. The zero-order valence-corrected chi connectivity index (χ0v) is 14.1. The number of halogens is 2. The predicted molar refractivity (Wildman–Crippen MR) is 84.0 cm³/mol. The van der Waals surface area contributed by atoms with Crippen molar-refractivity contribution in [2.45, 2.75) is 39.3 Å². The Balaban J connectivity index is 2.39. The van der Waals surface area contributed by atoms with Gasteiger partial charge in [0.1, 0.15) is 5.82 Å². The maximum absolute atomic E-state index is 13.8. The SMILES string of the molecule is CCONC(=O)[C@@H]1CC(=O)N(C(C)C)[C@H]1c1ccc(Cl)c(F)c1. The molecule has 126 valence electrons. The van der Waals surface area contributed by atoms with E-state index in [1.54, 1.807) is 17.9 Å². The average Bonchev–Trinajstić information content (AvgIpc) is 2.85. The Morgan fingerprint density at radius 3 is 2.78 bits per heavy atom. The van der Waals surface area contributed by atoms with Crippen LogP contribution >= 0.6 is 11.6 Å². The van der Waals surface area contributed by atoms with E-state index in [1.807, 2.05) is 13.8 Å². The van der Waals surface area contributed by atoms with Crippen molar-refractivity contribution in [3.05, 3.63) is 34.6 Å². The molecule has 5 nitrogen and oxygen atoms in total. The summed E-state index contributed by atoms with van der Waals surface area (Å²) in [6.45, 7) is 5.78. The van der Waals surface area contributed by atoms with Crippen LogP contribution in [-0.4, -0.2) is 29.4 Å². The number of rotatable bonds is 5. The first-order chi connectivity index (χ1) is 10.9. The lowest BCUT2D eigenvalue weighted by molar-refractivity contribution is -0.138. The minimum atomic E-state index is -0.642. The van der Waals surface area contributed by atoms with Crippen molar-refractivity contribution in [1.29, 1.82) is 0 Å². The minimum absolute atomic E-state index is 0.00416. The highest BCUT2D eigenvalue weighted by Crippen LogP contribution is 2.40. The molecule has 0 aromatic heterocycles. The summed E-state index contributed by atoms with van der Waals surface area (Å²) in [5, 5.41) is 0.00416. The summed E-state index contributed by atoms with van der Waals surface area (Å²) in [6, 6.07) is 3.70. The van der Waals surface area contributed by atoms with Crippen molar-refractivity contribution in [2.24, 2.45) is 5.92 Å². The molecular formula is C16H20ClFN2O3. The average molecular weight is 343 g/mol. The number of amides is 2. The van der Waals surface area contributed by atoms with Crippen LogP contribution in [0.3, 0.4) is 0 Å². The molecular weight excluding hydrogens is 323 g/mol. The van der Waals surface area contributed by atoms with E-state index in [2.05, 4.69) is 5.48 Å². The predicted octanol–water partition coefficient (Wildman–Crippen LogP) is 2.84. The van der Waals surface area contributed by atoms with Gasteiger partial charge in [-0.1, -0.05) is 17.7 Å². The molecule has 0 saturated carbocycles. The Hall–Kier alpha value is -1.66. The molecule has 1 fully saturated rings. The summed E-state index contributed by atoms with van der Waals surface area (Å²) in [7, 11) is 0. The highest BCUT2D eigenvalue weighted by atomic mass is 35.5. The van der Waals surface area contributed by atoms with Crippen LogP contribution in [0.5, 0.6) is 0 Å². The Labute approximate surface area is 139 Å². The van der Waals surface area contributed by atoms with Gasteiger partial charge in [-0.3, -0.25) is 14.4 Å². The molecule has 0 aliphatic carbocycles. The lowest BCUT2D eigenvalue weighted by Crippen LogP contribution is -2.38. The van der Waals surface area contributed by atoms with Gasteiger partial charge in [-0.15, -0.1) is 0 Å². The monoisotopic (exact) mass is 342 g/mol. The zero-order valence-electron chi connectivity index (χ0n) is 13.3. The number of hydroxylamine groups is 1. The number of hydrogen-bond acceptors (Lipinski definition) is 3. The number of likely N-dealkylation sites (tertiary alicyclic amines) is 1. The van der Waals surface area contributed by atoms with Crippen molar-refractivity contribution in [2.75, 3.05) is 6.61 Å². The molecule has 0 bridgehead atoms. The van der Waals surface area contributed by atoms with E-state index < -0.39 is 17.8 Å². The molecule has 1 heterocycles. The molecule has 1 aliphatic rings. The van der Waals surface area contributed by atoms with Crippen molar-refractivity contribution in [1.82, 2.24) is 10.4 Å². The Morgan fingerprint density at radius 2 is 2.22 bits per heavy atom. The summed E-state index contributed by atoms with van der Waals surface area (Å²) in [6.07, 6.45) is 0.0615. The lowest BCUT2D eigenvalue weighted by Gasteiger charge is -2.31. The fourth-order valence-corrected chi connectivity index (χ4v) is 3.03. The second kappa shape index (κ2) is 7.27. The molecule has 2 rings (SSSR count). The van der Waals surface area contributed by atoms with Gasteiger partial charge in [0.05, 0.1) is 23.6 Å². The van der Waals surface area contributed by atoms with Crippen molar-refractivity contribution < 1.29 is 18.8 Å². The number of nitrogens with zero attached hydrogens (tertiary/aromatic N) is 1. The second-order valence-corrected chi connectivity index (χ2v) is 6.13. The van der Waals surface area contributed by atoms with Crippen molar-refractivity contribution in [3.63, 3.8) is 0 Å². The van der Waals surface area contributed by atoms with Gasteiger partial charge in [0.25, 0.3) is 0 Å². The van der Waals surface area contributed by atoms with Crippen LogP contribution < -0.4 is 5.48 Å². The quantitative estimate of drug-likeness (QED) is 0.837. The third kappa shape index (κ3) is 3.64. The first kappa shape index (κ1) is 17.7. The first-order valence-corrected chi connectivity index (χ1v) is 7.92. The van der Waals surface area contributed by atoms with Crippen LogP contribution in [-0.2, 0) is 14.4 Å². The van der Waals surface area contributed by atoms with Gasteiger partial charge in [-0.25, -0.2) is 9.87 Å². The van der Waals surface area contributed by atoms with Gasteiger partial charge < -0.3 is 4.90 Å². The fourth-order valence-electron chi connectivity index (χ4n) is 2.91. The van der Waals surface area contributed by atoms with Crippen LogP contribution in [0.2, 0.25) is 5.02 Å². The highest BCUT2D eigenvalue weighted by molar-refractivity contribution is 6.30. The summed E-state index contributed by atoms with van der Waals surface area (Å²) in [5.74, 6) is -1.74. The smallest absolute Gasteiger partial charge is 0.249 e. The molecule has 2 amide bonds. The molecule has 0 radical (unpaired) electrons. The molecule has 2 atom stereocenters. The van der Waals surface area contributed by atoms with E-state index >= 15 is 0 Å². The zero-order chi connectivity index (χ0) is 17.1. The van der Waals surface area contributed by atoms with Crippen LogP contribution in [0, 0.1) is 11.7 Å². The van der Waals surface area contributed by atoms with E-state index in [0.717, 1.165) is 0 Å². The van der Waals surface area contributed by atoms with Crippen LogP contribution in [0.4, 0.5) is 4.39 Å². The van der Waals surface area contributed by atoms with Crippen LogP contribution in [0.1, 0.15) is 38.8 Å². The molecule has 0 spiro atoms. The maximum Gasteiger partial charge on any atom is 0.249 e. The maximum atomic E-state index is 13.8. The van der Waals surface area contributed by atoms with Gasteiger partial charge in [0, 0.05) is 12.5 Å². The van der Waals surface area contributed by atoms with Gasteiger partial charge >= 0.3 is 0 Å². The van der Waals surface area contributed by atoms with E-state index in [1.165, 1.54) is 12.1 Å². The topological polar surface area (TPSA) is 58.6 Å². The number of benzene rings is 1. The molecule has 7 heteroatoms. The third-order valence-corrected chi connectivity index (χ3v) is 4.17. The fraction of sp³-hybridized carbons (Fsp3) is 0.500. The summed E-state index contributed by atoms with van der Waals surface area (Å²) < 4.78 is 13.8. The summed E-state index contributed by atoms with van der Waals surface area (Å²) in [4.78, 5) is 31.2. The molecule has 23 heavy (non-hydrogen) atoms. The largest absolute Gasteiger partial charge is 0.332 e. The van der Waals surface area contributed by atoms with Crippen LogP contribution in [0.15, 0.2) is 18.2 Å². The molecule has 1 aromatic rings. The van der Waals surface area contributed by atoms with Crippen LogP contribution in [0.25, 0.3) is 0 Å². The Bertz CT molecular complexity index is 609. The second-order valence-electron chi connectivity index (χ2n) is 5.72. The number of nitrogens with one attached hydrogen (secondary N) is 1. The molecule has 1 N–H and O–H groups in total. The number of hydrogen-bond donors (Lipinski definition) is 1. The number of carbonyl (C=O) groups excluding carboxylic acids is 2. The first-order valence-electron chi connectivity index (χ1n) is 7.54. The summed E-state index contributed by atoms with van der Waals surface area (Å²) >= 11 is 5.73. The normalized spacial score (nSPS) is 21.1.